The molecule has 0 atom stereocenters. The number of hydrogen-bond acceptors (Lipinski definition) is 4. The molecular formula is C12H20N4O. The topological polar surface area (TPSA) is 85.2 Å². The van der Waals surface area contributed by atoms with Crippen LogP contribution in [0.2, 0.25) is 0 Å². The molecule has 1 rings (SSSR count). The Kier molecular flexibility index (Phi) is 4.31. The molecule has 5 nitrogen and oxygen atoms in total. The van der Waals surface area contributed by atoms with Crippen LogP contribution in [-0.4, -0.2) is 24.5 Å². The van der Waals surface area contributed by atoms with E-state index >= 15 is 0 Å². The molecule has 0 saturated carbocycles. The molecule has 1 heterocycles. The minimum atomic E-state index is -0.538. The maximum Gasteiger partial charge on any atom is 0.267 e. The summed E-state index contributed by atoms with van der Waals surface area (Å²) in [6, 6.07) is 3.20. The van der Waals surface area contributed by atoms with Gasteiger partial charge in [0.15, 0.2) is 5.82 Å². The molecule has 0 aliphatic carbocycles. The van der Waals surface area contributed by atoms with Crippen LogP contribution >= 0.6 is 0 Å². The third-order valence-electron chi connectivity index (χ3n) is 2.56. The molecule has 0 unspecified atom stereocenters. The maximum absolute atomic E-state index is 11.1. The molecule has 4 N–H and O–H groups in total. The minimum absolute atomic E-state index is 0.241. The van der Waals surface area contributed by atoms with Gasteiger partial charge in [0.2, 0.25) is 0 Å². The third kappa shape index (κ3) is 3.62. The maximum atomic E-state index is 11.1. The van der Waals surface area contributed by atoms with E-state index in [2.05, 4.69) is 18.8 Å². The monoisotopic (exact) mass is 236 g/mol. The molecule has 0 radical (unpaired) electrons. The third-order valence-corrected chi connectivity index (χ3v) is 2.56. The van der Waals surface area contributed by atoms with Gasteiger partial charge < -0.3 is 16.4 Å². The number of primary amides is 1. The summed E-state index contributed by atoms with van der Waals surface area (Å²) in [4.78, 5) is 17.2. The van der Waals surface area contributed by atoms with Crippen molar-refractivity contribution in [3.8, 4) is 0 Å². The number of nitrogens with two attached hydrogens (primary N) is 2. The number of nitrogen functional groups attached to an aromatic ring is 1. The molecule has 5 heteroatoms. The first-order chi connectivity index (χ1) is 7.91. The van der Waals surface area contributed by atoms with E-state index in [0.717, 1.165) is 13.0 Å². The second kappa shape index (κ2) is 5.52. The molecular weight excluding hydrogens is 216 g/mol. The van der Waals surface area contributed by atoms with Crippen LogP contribution in [-0.2, 0) is 0 Å². The van der Waals surface area contributed by atoms with Crippen molar-refractivity contribution in [3.63, 3.8) is 0 Å². The molecule has 0 aromatic carbocycles. The number of hydrogen-bond donors (Lipinski definition) is 2. The summed E-state index contributed by atoms with van der Waals surface area (Å²) >= 11 is 0. The van der Waals surface area contributed by atoms with Gasteiger partial charge in [-0.25, -0.2) is 4.98 Å². The van der Waals surface area contributed by atoms with Crippen LogP contribution in [0.5, 0.6) is 0 Å². The Morgan fingerprint density at radius 3 is 2.65 bits per heavy atom. The Morgan fingerprint density at radius 2 is 2.12 bits per heavy atom. The summed E-state index contributed by atoms with van der Waals surface area (Å²) in [7, 11) is 1.91. The Hall–Kier alpha value is -1.78. The number of amides is 1. The van der Waals surface area contributed by atoms with E-state index in [0.29, 0.717) is 17.4 Å². The van der Waals surface area contributed by atoms with E-state index in [1.807, 2.05) is 11.9 Å². The summed E-state index contributed by atoms with van der Waals surface area (Å²) in [6.07, 6.45) is 1.04. The Bertz CT molecular complexity index is 403. The van der Waals surface area contributed by atoms with Crippen molar-refractivity contribution in [3.05, 3.63) is 17.8 Å². The van der Waals surface area contributed by atoms with Gasteiger partial charge in [-0.05, 0) is 24.5 Å². The van der Waals surface area contributed by atoms with Crippen LogP contribution in [0.1, 0.15) is 30.8 Å². The van der Waals surface area contributed by atoms with Gasteiger partial charge in [0.1, 0.15) is 5.69 Å². The molecule has 94 valence electrons. The summed E-state index contributed by atoms with van der Waals surface area (Å²) in [5.41, 5.74) is 11.8. The van der Waals surface area contributed by atoms with E-state index in [-0.39, 0.29) is 5.69 Å². The molecule has 0 fully saturated rings. The van der Waals surface area contributed by atoms with E-state index < -0.39 is 5.91 Å². The molecule has 0 saturated heterocycles. The average molecular weight is 236 g/mol. The van der Waals surface area contributed by atoms with Gasteiger partial charge in [0.05, 0.1) is 5.69 Å². The lowest BCUT2D eigenvalue weighted by Crippen LogP contribution is -2.24. The summed E-state index contributed by atoms with van der Waals surface area (Å²) in [5.74, 6) is 0.684. The smallest absolute Gasteiger partial charge is 0.267 e. The van der Waals surface area contributed by atoms with E-state index in [4.69, 9.17) is 11.5 Å². The van der Waals surface area contributed by atoms with Gasteiger partial charge in [0, 0.05) is 13.6 Å². The molecule has 0 aliphatic heterocycles. The lowest BCUT2D eigenvalue weighted by molar-refractivity contribution is 0.0995. The van der Waals surface area contributed by atoms with E-state index in [9.17, 15) is 4.79 Å². The van der Waals surface area contributed by atoms with Crippen LogP contribution in [0, 0.1) is 5.92 Å². The standard InChI is InChI=1S/C12H20N4O/c1-8(2)6-7-16(3)12-9(13)4-5-10(15-12)11(14)17/h4-5,8H,6-7,13H2,1-3H3,(H2,14,17). The highest BCUT2D eigenvalue weighted by atomic mass is 16.1. The molecule has 0 spiro atoms. The Morgan fingerprint density at radius 1 is 1.47 bits per heavy atom. The largest absolute Gasteiger partial charge is 0.396 e. The molecule has 17 heavy (non-hydrogen) atoms. The fraction of sp³-hybridized carbons (Fsp3) is 0.500. The van der Waals surface area contributed by atoms with Gasteiger partial charge >= 0.3 is 0 Å². The van der Waals surface area contributed by atoms with E-state index in [1.54, 1.807) is 6.07 Å². The number of aromatic nitrogens is 1. The first kappa shape index (κ1) is 13.3. The van der Waals surface area contributed by atoms with Crippen molar-refractivity contribution >= 4 is 17.4 Å². The SMILES string of the molecule is CC(C)CCN(C)c1nc(C(N)=O)ccc1N. The first-order valence-corrected chi connectivity index (χ1v) is 5.69. The fourth-order valence-electron chi connectivity index (χ4n) is 1.46. The predicted molar refractivity (Wildman–Crippen MR) is 69.9 cm³/mol. The van der Waals surface area contributed by atoms with Gasteiger partial charge in [0.25, 0.3) is 5.91 Å². The Labute approximate surface area is 102 Å². The van der Waals surface area contributed by atoms with Gasteiger partial charge in [-0.15, -0.1) is 0 Å². The van der Waals surface area contributed by atoms with Crippen molar-refractivity contribution in [2.75, 3.05) is 24.2 Å². The van der Waals surface area contributed by atoms with Crippen LogP contribution in [0.4, 0.5) is 11.5 Å². The summed E-state index contributed by atoms with van der Waals surface area (Å²) in [6.45, 7) is 5.16. The fourth-order valence-corrected chi connectivity index (χ4v) is 1.46. The van der Waals surface area contributed by atoms with E-state index in [1.165, 1.54) is 6.07 Å². The molecule has 1 amide bonds. The lowest BCUT2D eigenvalue weighted by Gasteiger charge is -2.21. The minimum Gasteiger partial charge on any atom is -0.396 e. The number of rotatable bonds is 5. The molecule has 1 aromatic heterocycles. The second-order valence-electron chi connectivity index (χ2n) is 4.58. The van der Waals surface area contributed by atoms with Gasteiger partial charge in [-0.2, -0.15) is 0 Å². The zero-order valence-corrected chi connectivity index (χ0v) is 10.6. The highest BCUT2D eigenvalue weighted by Crippen LogP contribution is 2.20. The normalized spacial score (nSPS) is 10.6. The van der Waals surface area contributed by atoms with Crippen molar-refractivity contribution in [2.24, 2.45) is 11.7 Å². The summed E-state index contributed by atoms with van der Waals surface area (Å²) < 4.78 is 0. The zero-order chi connectivity index (χ0) is 13.0. The number of carbonyl (C=O) groups is 1. The quantitative estimate of drug-likeness (QED) is 0.805. The predicted octanol–water partition coefficient (Wildman–Crippen LogP) is 1.24. The second-order valence-corrected chi connectivity index (χ2v) is 4.58. The van der Waals surface area contributed by atoms with Crippen LogP contribution in [0.15, 0.2) is 12.1 Å². The lowest BCUT2D eigenvalue weighted by atomic mass is 10.1. The zero-order valence-electron chi connectivity index (χ0n) is 10.6. The van der Waals surface area contributed by atoms with Crippen molar-refractivity contribution in [2.45, 2.75) is 20.3 Å². The van der Waals surface area contributed by atoms with Crippen molar-refractivity contribution < 1.29 is 4.79 Å². The summed E-state index contributed by atoms with van der Waals surface area (Å²) in [5, 5.41) is 0. The number of nitrogens with zero attached hydrogens (tertiary/aromatic N) is 2. The average Bonchev–Trinajstić information content (AvgIpc) is 2.26. The van der Waals surface area contributed by atoms with Crippen molar-refractivity contribution in [1.29, 1.82) is 0 Å². The highest BCUT2D eigenvalue weighted by molar-refractivity contribution is 5.91. The Balaban J connectivity index is 2.87. The van der Waals surface area contributed by atoms with Crippen LogP contribution in [0.25, 0.3) is 0 Å². The molecule has 0 aliphatic rings. The molecule has 1 aromatic rings. The number of pyridine rings is 1. The van der Waals surface area contributed by atoms with Crippen molar-refractivity contribution in [1.82, 2.24) is 4.98 Å². The van der Waals surface area contributed by atoms with Gasteiger partial charge in [-0.1, -0.05) is 13.8 Å². The van der Waals surface area contributed by atoms with Crippen LogP contribution < -0.4 is 16.4 Å². The first-order valence-electron chi connectivity index (χ1n) is 5.69. The van der Waals surface area contributed by atoms with Gasteiger partial charge in [-0.3, -0.25) is 4.79 Å². The number of carbonyl (C=O) groups excluding carboxylic acids is 1. The van der Waals surface area contributed by atoms with Crippen LogP contribution in [0.3, 0.4) is 0 Å². The molecule has 0 bridgehead atoms. The number of anilines is 2. The highest BCUT2D eigenvalue weighted by Gasteiger charge is 2.11.